The van der Waals surface area contributed by atoms with Crippen molar-refractivity contribution in [2.45, 2.75) is 6.42 Å². The normalized spacial score (nSPS) is 10.4. The molecule has 0 spiro atoms. The molecule has 0 aliphatic heterocycles. The molecule has 4 nitrogen and oxygen atoms in total. The molecular weight excluding hydrogens is 286 g/mol. The van der Waals surface area contributed by atoms with Crippen molar-refractivity contribution in [2.24, 2.45) is 5.73 Å². The third-order valence-electron chi connectivity index (χ3n) is 2.33. The van der Waals surface area contributed by atoms with E-state index in [1.165, 1.54) is 0 Å². The van der Waals surface area contributed by atoms with Gasteiger partial charge in [0.05, 0.1) is 25.4 Å². The maximum absolute atomic E-state index is 5.89. The van der Waals surface area contributed by atoms with Gasteiger partial charge < -0.3 is 19.9 Å². The highest BCUT2D eigenvalue weighted by atomic mass is 35.5. The Morgan fingerprint density at radius 1 is 1.26 bits per heavy atom. The Kier molecular flexibility index (Phi) is 7.74. The lowest BCUT2D eigenvalue weighted by atomic mass is 10.2. The van der Waals surface area contributed by atoms with Crippen molar-refractivity contribution in [3.05, 3.63) is 28.8 Å². The summed E-state index contributed by atoms with van der Waals surface area (Å²) in [5.74, 6) is 0.647. The zero-order valence-corrected chi connectivity index (χ0v) is 12.4. The molecule has 0 aliphatic carbocycles. The Morgan fingerprint density at radius 2 is 2.05 bits per heavy atom. The average molecular weight is 304 g/mol. The second-order valence-electron chi connectivity index (χ2n) is 3.81. The Balaban J connectivity index is 2.35. The van der Waals surface area contributed by atoms with Gasteiger partial charge in [-0.25, -0.2) is 0 Å². The van der Waals surface area contributed by atoms with Crippen LogP contribution in [0.4, 0.5) is 0 Å². The van der Waals surface area contributed by atoms with Crippen LogP contribution in [0.5, 0.6) is 5.75 Å². The Hall–Kier alpha value is -0.880. The first-order valence-electron chi connectivity index (χ1n) is 5.94. The van der Waals surface area contributed by atoms with Crippen LogP contribution < -0.4 is 10.5 Å². The van der Waals surface area contributed by atoms with E-state index in [-0.39, 0.29) is 4.99 Å². The molecule has 1 aromatic carbocycles. The number of rotatable bonds is 9. The summed E-state index contributed by atoms with van der Waals surface area (Å²) in [4.78, 5) is 0.272. The highest BCUT2D eigenvalue weighted by Gasteiger charge is 2.07. The number of ether oxygens (including phenoxy) is 3. The lowest BCUT2D eigenvalue weighted by Crippen LogP contribution is -2.13. The van der Waals surface area contributed by atoms with Gasteiger partial charge in [-0.05, 0) is 18.2 Å². The van der Waals surface area contributed by atoms with E-state index in [9.17, 15) is 0 Å². The van der Waals surface area contributed by atoms with E-state index in [1.54, 1.807) is 25.3 Å². The van der Waals surface area contributed by atoms with Crippen molar-refractivity contribution in [1.82, 2.24) is 0 Å². The van der Waals surface area contributed by atoms with E-state index in [0.717, 1.165) is 6.42 Å². The largest absolute Gasteiger partial charge is 0.493 e. The number of benzene rings is 1. The van der Waals surface area contributed by atoms with Gasteiger partial charge in [-0.2, -0.15) is 0 Å². The predicted octanol–water partition coefficient (Wildman–Crippen LogP) is 2.41. The molecule has 0 amide bonds. The summed E-state index contributed by atoms with van der Waals surface area (Å²) in [6.07, 6.45) is 0.781. The van der Waals surface area contributed by atoms with E-state index in [4.69, 9.17) is 43.8 Å². The minimum absolute atomic E-state index is 0.272. The summed E-state index contributed by atoms with van der Waals surface area (Å²) < 4.78 is 15.8. The Morgan fingerprint density at radius 3 is 2.74 bits per heavy atom. The maximum Gasteiger partial charge on any atom is 0.129 e. The molecule has 0 saturated carbocycles. The summed E-state index contributed by atoms with van der Waals surface area (Å²) >= 11 is 10.8. The quantitative estimate of drug-likeness (QED) is 0.561. The van der Waals surface area contributed by atoms with Gasteiger partial charge in [0, 0.05) is 25.2 Å². The summed E-state index contributed by atoms with van der Waals surface area (Å²) in [6.45, 7) is 2.35. The molecular formula is C13H18ClNO3S. The predicted molar refractivity (Wildman–Crippen MR) is 80.1 cm³/mol. The van der Waals surface area contributed by atoms with Crippen LogP contribution in [-0.2, 0) is 9.47 Å². The zero-order chi connectivity index (χ0) is 14.1. The molecule has 0 radical (unpaired) electrons. The van der Waals surface area contributed by atoms with Crippen LogP contribution in [0.1, 0.15) is 12.0 Å². The van der Waals surface area contributed by atoms with Crippen molar-refractivity contribution >= 4 is 28.8 Å². The molecule has 0 atom stereocenters. The minimum atomic E-state index is 0.272. The highest BCUT2D eigenvalue weighted by Crippen LogP contribution is 2.22. The molecule has 0 saturated heterocycles. The number of halogens is 1. The first-order chi connectivity index (χ1) is 9.15. The smallest absolute Gasteiger partial charge is 0.129 e. The van der Waals surface area contributed by atoms with Gasteiger partial charge in [-0.1, -0.05) is 23.8 Å². The molecule has 1 rings (SSSR count). The highest BCUT2D eigenvalue weighted by molar-refractivity contribution is 7.80. The number of methoxy groups -OCH3 is 1. The van der Waals surface area contributed by atoms with Gasteiger partial charge in [0.2, 0.25) is 0 Å². The standard InChI is InChI=1S/C13H18ClNO3S/c1-16-7-8-17-5-2-6-18-12-4-3-10(14)9-11(12)13(15)19/h3-4,9H,2,5-8H2,1H3,(H2,15,19). The molecule has 0 unspecified atom stereocenters. The fraction of sp³-hybridized carbons (Fsp3) is 0.462. The first kappa shape index (κ1) is 16.2. The molecule has 0 heterocycles. The molecule has 6 heteroatoms. The first-order valence-corrected chi connectivity index (χ1v) is 6.72. The summed E-state index contributed by atoms with van der Waals surface area (Å²) in [7, 11) is 1.64. The maximum atomic E-state index is 5.89. The zero-order valence-electron chi connectivity index (χ0n) is 10.9. The van der Waals surface area contributed by atoms with E-state index in [0.29, 0.717) is 42.8 Å². The van der Waals surface area contributed by atoms with E-state index < -0.39 is 0 Å². The van der Waals surface area contributed by atoms with Crippen molar-refractivity contribution in [3.8, 4) is 5.75 Å². The molecule has 0 fully saturated rings. The number of thiocarbonyl (C=S) groups is 1. The Bertz CT molecular complexity index is 415. The van der Waals surface area contributed by atoms with Crippen LogP contribution in [-0.4, -0.2) is 38.5 Å². The summed E-state index contributed by atoms with van der Waals surface area (Å²) in [5, 5.41) is 0.582. The van der Waals surface area contributed by atoms with Gasteiger partial charge in [0.25, 0.3) is 0 Å². The van der Waals surface area contributed by atoms with Crippen LogP contribution in [0.15, 0.2) is 18.2 Å². The van der Waals surface area contributed by atoms with Gasteiger partial charge in [0.15, 0.2) is 0 Å². The topological polar surface area (TPSA) is 53.7 Å². The van der Waals surface area contributed by atoms with Gasteiger partial charge in [0.1, 0.15) is 10.7 Å². The second-order valence-corrected chi connectivity index (χ2v) is 4.69. The number of hydrogen-bond acceptors (Lipinski definition) is 4. The molecule has 19 heavy (non-hydrogen) atoms. The average Bonchev–Trinajstić information content (AvgIpc) is 2.39. The van der Waals surface area contributed by atoms with Gasteiger partial charge >= 0.3 is 0 Å². The molecule has 0 bridgehead atoms. The van der Waals surface area contributed by atoms with Crippen LogP contribution in [0, 0.1) is 0 Å². The monoisotopic (exact) mass is 303 g/mol. The molecule has 2 N–H and O–H groups in total. The lowest BCUT2D eigenvalue weighted by Gasteiger charge is -2.11. The third-order valence-corrected chi connectivity index (χ3v) is 2.78. The second kappa shape index (κ2) is 9.09. The van der Waals surface area contributed by atoms with Crippen LogP contribution in [0.2, 0.25) is 5.02 Å². The summed E-state index contributed by atoms with van der Waals surface area (Å²) in [5.41, 5.74) is 6.28. The third kappa shape index (κ3) is 6.20. The Labute approximate surface area is 123 Å². The van der Waals surface area contributed by atoms with Crippen molar-refractivity contribution in [3.63, 3.8) is 0 Å². The summed E-state index contributed by atoms with van der Waals surface area (Å²) in [6, 6.07) is 5.21. The van der Waals surface area contributed by atoms with Crippen LogP contribution >= 0.6 is 23.8 Å². The minimum Gasteiger partial charge on any atom is -0.493 e. The fourth-order valence-corrected chi connectivity index (χ4v) is 1.74. The van der Waals surface area contributed by atoms with Crippen molar-refractivity contribution < 1.29 is 14.2 Å². The van der Waals surface area contributed by atoms with Crippen LogP contribution in [0.3, 0.4) is 0 Å². The molecule has 1 aromatic rings. The van der Waals surface area contributed by atoms with Crippen LogP contribution in [0.25, 0.3) is 0 Å². The van der Waals surface area contributed by atoms with E-state index in [2.05, 4.69) is 0 Å². The van der Waals surface area contributed by atoms with Gasteiger partial charge in [-0.15, -0.1) is 0 Å². The lowest BCUT2D eigenvalue weighted by molar-refractivity contribution is 0.0644. The van der Waals surface area contributed by atoms with E-state index >= 15 is 0 Å². The molecule has 106 valence electrons. The molecule has 0 aromatic heterocycles. The number of nitrogens with two attached hydrogens (primary N) is 1. The van der Waals surface area contributed by atoms with Crippen molar-refractivity contribution in [1.29, 1.82) is 0 Å². The van der Waals surface area contributed by atoms with E-state index in [1.807, 2.05) is 0 Å². The van der Waals surface area contributed by atoms with Crippen molar-refractivity contribution in [2.75, 3.05) is 33.5 Å². The van der Waals surface area contributed by atoms with Gasteiger partial charge in [-0.3, -0.25) is 0 Å². The number of hydrogen-bond donors (Lipinski definition) is 1. The molecule has 0 aliphatic rings. The SMILES string of the molecule is COCCOCCCOc1ccc(Cl)cc1C(N)=S. The fourth-order valence-electron chi connectivity index (χ4n) is 1.41.